The summed E-state index contributed by atoms with van der Waals surface area (Å²) in [7, 11) is 0. The molecule has 8 atom stereocenters. The number of amides is 1. The second-order valence-corrected chi connectivity index (χ2v) is 5.98. The molecule has 2 aliphatic rings. The topological polar surface area (TPSA) is 138 Å². The fourth-order valence-corrected chi connectivity index (χ4v) is 2.85. The Bertz CT molecular complexity index is 408. The minimum atomic E-state index is -1.43. The first kappa shape index (κ1) is 18.5. The second kappa shape index (κ2) is 7.84. The summed E-state index contributed by atoms with van der Waals surface area (Å²) in [5, 5.41) is 41.7. The monoisotopic (exact) mass is 335 g/mol. The van der Waals surface area contributed by atoms with Crippen molar-refractivity contribution in [2.75, 3.05) is 6.61 Å². The third-order valence-electron chi connectivity index (χ3n) is 4.16. The van der Waals surface area contributed by atoms with Crippen molar-refractivity contribution in [3.63, 3.8) is 0 Å². The molecule has 23 heavy (non-hydrogen) atoms. The van der Waals surface area contributed by atoms with Gasteiger partial charge in [0.2, 0.25) is 5.91 Å². The van der Waals surface area contributed by atoms with Gasteiger partial charge in [0.1, 0.15) is 24.4 Å². The van der Waals surface area contributed by atoms with Crippen LogP contribution in [-0.4, -0.2) is 82.1 Å². The molecule has 0 aromatic carbocycles. The van der Waals surface area contributed by atoms with Crippen LogP contribution in [-0.2, 0) is 19.0 Å². The molecule has 9 nitrogen and oxygen atoms in total. The van der Waals surface area contributed by atoms with E-state index in [1.165, 1.54) is 6.92 Å². The Morgan fingerprint density at radius 2 is 1.96 bits per heavy atom. The standard InChI is InChI=1S/C14H25NO8/c1-6-8(18)3-4-10(21-6)23-13-11(15-7(2)17)14(20)22-9(5-16)12(13)19/h6,8-14,16,18-20H,3-5H2,1-2H3,(H,15,17)/t6-,8+,9-,10+,11-,12+,13-,14-/m1/s1. The minimum absolute atomic E-state index is 0.405. The number of ether oxygens (including phenoxy) is 3. The zero-order chi connectivity index (χ0) is 17.1. The Labute approximate surface area is 134 Å². The molecule has 9 heteroatoms. The van der Waals surface area contributed by atoms with Gasteiger partial charge in [0.05, 0.1) is 18.8 Å². The highest BCUT2D eigenvalue weighted by Crippen LogP contribution is 2.27. The molecule has 2 rings (SSSR count). The average molecular weight is 335 g/mol. The molecule has 1 amide bonds. The molecule has 0 aliphatic carbocycles. The van der Waals surface area contributed by atoms with Crippen LogP contribution >= 0.6 is 0 Å². The number of aliphatic hydroxyl groups excluding tert-OH is 4. The van der Waals surface area contributed by atoms with Crippen LogP contribution in [0.2, 0.25) is 0 Å². The molecular formula is C14H25NO8. The van der Waals surface area contributed by atoms with Crippen LogP contribution in [0.5, 0.6) is 0 Å². The van der Waals surface area contributed by atoms with E-state index >= 15 is 0 Å². The van der Waals surface area contributed by atoms with Gasteiger partial charge in [-0.25, -0.2) is 0 Å². The van der Waals surface area contributed by atoms with Crippen molar-refractivity contribution in [1.82, 2.24) is 5.32 Å². The summed E-state index contributed by atoms with van der Waals surface area (Å²) in [6, 6.07) is -1.00. The number of rotatable bonds is 4. The normalized spacial score (nSPS) is 44.8. The van der Waals surface area contributed by atoms with E-state index in [4.69, 9.17) is 14.2 Å². The van der Waals surface area contributed by atoms with E-state index in [2.05, 4.69) is 5.32 Å². The van der Waals surface area contributed by atoms with Gasteiger partial charge < -0.3 is 40.0 Å². The van der Waals surface area contributed by atoms with Crippen LogP contribution in [0, 0.1) is 0 Å². The number of hydrogen-bond donors (Lipinski definition) is 5. The molecule has 0 saturated carbocycles. The van der Waals surface area contributed by atoms with Gasteiger partial charge in [-0.2, -0.15) is 0 Å². The van der Waals surface area contributed by atoms with E-state index in [1.807, 2.05) is 0 Å². The number of carbonyl (C=O) groups is 1. The zero-order valence-electron chi connectivity index (χ0n) is 13.2. The third kappa shape index (κ3) is 4.38. The lowest BCUT2D eigenvalue weighted by Crippen LogP contribution is -2.65. The predicted octanol–water partition coefficient (Wildman–Crippen LogP) is -2.17. The molecule has 0 unspecified atom stereocenters. The first-order chi connectivity index (χ1) is 10.8. The SMILES string of the molecule is CC(=O)N[C@@H]1[C@@H](O[C@H]2CC[C@H](O)[C@@H](C)O2)[C@@H](O)[C@@H](CO)O[C@H]1O. The van der Waals surface area contributed by atoms with Crippen LogP contribution in [0.25, 0.3) is 0 Å². The quantitative estimate of drug-likeness (QED) is 0.391. The lowest BCUT2D eigenvalue weighted by Gasteiger charge is -2.44. The molecule has 0 radical (unpaired) electrons. The van der Waals surface area contributed by atoms with Crippen molar-refractivity contribution in [1.29, 1.82) is 0 Å². The maximum Gasteiger partial charge on any atom is 0.217 e. The van der Waals surface area contributed by atoms with Gasteiger partial charge in [-0.15, -0.1) is 0 Å². The van der Waals surface area contributed by atoms with Crippen LogP contribution < -0.4 is 5.32 Å². The highest BCUT2D eigenvalue weighted by atomic mass is 16.7. The Balaban J connectivity index is 2.10. The average Bonchev–Trinajstić information content (AvgIpc) is 2.49. The Kier molecular flexibility index (Phi) is 6.32. The van der Waals surface area contributed by atoms with Crippen LogP contribution in [0.15, 0.2) is 0 Å². The van der Waals surface area contributed by atoms with Crippen molar-refractivity contribution < 1.29 is 39.4 Å². The maximum absolute atomic E-state index is 11.3. The van der Waals surface area contributed by atoms with Gasteiger partial charge in [-0.1, -0.05) is 0 Å². The maximum atomic E-state index is 11.3. The van der Waals surface area contributed by atoms with Crippen LogP contribution in [0.4, 0.5) is 0 Å². The van der Waals surface area contributed by atoms with Crippen molar-refractivity contribution in [2.24, 2.45) is 0 Å². The number of nitrogens with one attached hydrogen (secondary N) is 1. The molecule has 0 spiro atoms. The summed E-state index contributed by atoms with van der Waals surface area (Å²) >= 11 is 0. The van der Waals surface area contributed by atoms with Crippen LogP contribution in [0.3, 0.4) is 0 Å². The van der Waals surface area contributed by atoms with Crippen molar-refractivity contribution >= 4 is 5.91 Å². The highest BCUT2D eigenvalue weighted by molar-refractivity contribution is 5.73. The van der Waals surface area contributed by atoms with Gasteiger partial charge in [-0.3, -0.25) is 4.79 Å². The van der Waals surface area contributed by atoms with Crippen molar-refractivity contribution in [3.8, 4) is 0 Å². The van der Waals surface area contributed by atoms with Gasteiger partial charge in [0, 0.05) is 13.3 Å². The molecule has 134 valence electrons. The summed E-state index contributed by atoms with van der Waals surface area (Å²) in [5.41, 5.74) is 0. The Hall–Kier alpha value is -0.810. The van der Waals surface area contributed by atoms with Crippen molar-refractivity contribution in [3.05, 3.63) is 0 Å². The molecular weight excluding hydrogens is 310 g/mol. The molecule has 2 heterocycles. The van der Waals surface area contributed by atoms with Crippen LogP contribution in [0.1, 0.15) is 26.7 Å². The number of hydrogen-bond acceptors (Lipinski definition) is 8. The first-order valence-electron chi connectivity index (χ1n) is 7.72. The molecule has 0 bridgehead atoms. The first-order valence-corrected chi connectivity index (χ1v) is 7.72. The number of aliphatic hydroxyl groups is 4. The lowest BCUT2D eigenvalue weighted by atomic mass is 9.96. The second-order valence-electron chi connectivity index (χ2n) is 5.98. The number of carbonyl (C=O) groups excluding carboxylic acids is 1. The lowest BCUT2D eigenvalue weighted by molar-refractivity contribution is -0.304. The molecule has 0 aromatic rings. The summed E-state index contributed by atoms with van der Waals surface area (Å²) in [6.45, 7) is 2.46. The molecule has 0 aromatic heterocycles. The van der Waals surface area contributed by atoms with Crippen molar-refractivity contribution in [2.45, 2.75) is 75.8 Å². The summed E-state index contributed by atoms with van der Waals surface area (Å²) in [4.78, 5) is 11.3. The molecule has 2 saturated heterocycles. The van der Waals surface area contributed by atoms with E-state index < -0.39 is 61.7 Å². The molecule has 5 N–H and O–H groups in total. The largest absolute Gasteiger partial charge is 0.394 e. The van der Waals surface area contributed by atoms with Gasteiger partial charge in [0.25, 0.3) is 0 Å². The van der Waals surface area contributed by atoms with E-state index in [9.17, 15) is 25.2 Å². The Morgan fingerprint density at radius 1 is 1.26 bits per heavy atom. The van der Waals surface area contributed by atoms with E-state index in [1.54, 1.807) is 6.92 Å². The molecule has 2 fully saturated rings. The van der Waals surface area contributed by atoms with Gasteiger partial charge in [-0.05, 0) is 13.3 Å². The van der Waals surface area contributed by atoms with E-state index in [0.717, 1.165) is 0 Å². The molecule has 2 aliphatic heterocycles. The summed E-state index contributed by atoms with van der Waals surface area (Å²) in [5.74, 6) is -0.422. The van der Waals surface area contributed by atoms with Gasteiger partial charge >= 0.3 is 0 Å². The summed E-state index contributed by atoms with van der Waals surface area (Å²) in [6.07, 6.45) is -5.58. The smallest absolute Gasteiger partial charge is 0.217 e. The third-order valence-corrected chi connectivity index (χ3v) is 4.16. The predicted molar refractivity (Wildman–Crippen MR) is 76.0 cm³/mol. The Morgan fingerprint density at radius 3 is 2.52 bits per heavy atom. The van der Waals surface area contributed by atoms with E-state index in [-0.39, 0.29) is 0 Å². The fraction of sp³-hybridized carbons (Fsp3) is 0.929. The minimum Gasteiger partial charge on any atom is -0.394 e. The van der Waals surface area contributed by atoms with Gasteiger partial charge in [0.15, 0.2) is 12.6 Å². The fourth-order valence-electron chi connectivity index (χ4n) is 2.85. The summed E-state index contributed by atoms with van der Waals surface area (Å²) < 4.78 is 16.4. The highest BCUT2D eigenvalue weighted by Gasteiger charge is 2.47. The zero-order valence-corrected chi connectivity index (χ0v) is 13.2. The van der Waals surface area contributed by atoms with E-state index in [0.29, 0.717) is 12.8 Å².